The Morgan fingerprint density at radius 2 is 1.69 bits per heavy atom. The molecule has 0 heterocycles. The lowest BCUT2D eigenvalue weighted by atomic mass is 10.2. The highest BCUT2D eigenvalue weighted by molar-refractivity contribution is 5.56. The minimum Gasteiger partial charge on any atom is -0.506 e. The molecule has 16 heavy (non-hydrogen) atoms. The Hall–Kier alpha value is -2.36. The van der Waals surface area contributed by atoms with Crippen molar-refractivity contribution in [3.8, 4) is 17.2 Å². The molecule has 82 valence electrons. The van der Waals surface area contributed by atoms with Gasteiger partial charge in [-0.1, -0.05) is 6.07 Å². The van der Waals surface area contributed by atoms with Crippen LogP contribution in [-0.4, -0.2) is 5.11 Å². The van der Waals surface area contributed by atoms with E-state index in [2.05, 4.69) is 0 Å². The SMILES string of the molecule is Nc1cccc(Oc2ccc(O)c(N)c2)c1. The van der Waals surface area contributed by atoms with Crippen LogP contribution >= 0.6 is 0 Å². The molecule has 0 saturated carbocycles. The van der Waals surface area contributed by atoms with Crippen molar-refractivity contribution in [3.05, 3.63) is 42.5 Å². The first-order chi connectivity index (χ1) is 7.65. The number of phenolic OH excluding ortho intramolecular Hbond substituents is 1. The number of nitrogen functional groups attached to an aromatic ring is 2. The molecule has 4 heteroatoms. The normalized spacial score (nSPS) is 10.0. The van der Waals surface area contributed by atoms with Crippen molar-refractivity contribution in [1.82, 2.24) is 0 Å². The maximum absolute atomic E-state index is 9.25. The van der Waals surface area contributed by atoms with Crippen molar-refractivity contribution in [2.75, 3.05) is 11.5 Å². The van der Waals surface area contributed by atoms with Crippen LogP contribution < -0.4 is 16.2 Å². The minimum atomic E-state index is 0.0416. The van der Waals surface area contributed by atoms with Gasteiger partial charge in [0.1, 0.15) is 17.2 Å². The van der Waals surface area contributed by atoms with E-state index in [1.165, 1.54) is 6.07 Å². The summed E-state index contributed by atoms with van der Waals surface area (Å²) in [6, 6.07) is 11.7. The molecular weight excluding hydrogens is 204 g/mol. The molecule has 0 atom stereocenters. The van der Waals surface area contributed by atoms with Crippen molar-refractivity contribution in [2.45, 2.75) is 0 Å². The molecule has 0 amide bonds. The molecule has 0 aliphatic rings. The Morgan fingerprint density at radius 1 is 0.938 bits per heavy atom. The van der Waals surface area contributed by atoms with Crippen molar-refractivity contribution in [2.24, 2.45) is 0 Å². The van der Waals surface area contributed by atoms with Gasteiger partial charge in [0, 0.05) is 17.8 Å². The molecule has 0 radical (unpaired) electrons. The molecule has 0 aliphatic carbocycles. The third kappa shape index (κ3) is 2.17. The molecule has 0 fully saturated rings. The first-order valence-corrected chi connectivity index (χ1v) is 4.77. The van der Waals surface area contributed by atoms with Crippen molar-refractivity contribution in [1.29, 1.82) is 0 Å². The molecule has 0 bridgehead atoms. The van der Waals surface area contributed by atoms with Crippen LogP contribution in [0.25, 0.3) is 0 Å². The van der Waals surface area contributed by atoms with Gasteiger partial charge in [-0.15, -0.1) is 0 Å². The fraction of sp³-hybridized carbons (Fsp3) is 0. The number of hydrogen-bond donors (Lipinski definition) is 3. The number of ether oxygens (including phenoxy) is 1. The average molecular weight is 216 g/mol. The molecule has 5 N–H and O–H groups in total. The third-order valence-electron chi connectivity index (χ3n) is 2.09. The number of rotatable bonds is 2. The van der Waals surface area contributed by atoms with Gasteiger partial charge in [-0.2, -0.15) is 0 Å². The third-order valence-corrected chi connectivity index (χ3v) is 2.09. The molecule has 0 spiro atoms. The lowest BCUT2D eigenvalue weighted by Crippen LogP contribution is -1.90. The monoisotopic (exact) mass is 216 g/mol. The maximum atomic E-state index is 9.25. The van der Waals surface area contributed by atoms with E-state index in [0.717, 1.165) is 0 Å². The zero-order valence-electron chi connectivity index (χ0n) is 8.55. The van der Waals surface area contributed by atoms with Crippen molar-refractivity contribution < 1.29 is 9.84 Å². The second-order valence-electron chi connectivity index (χ2n) is 3.40. The fourth-order valence-electron chi connectivity index (χ4n) is 1.31. The molecule has 0 aliphatic heterocycles. The van der Waals surface area contributed by atoms with Crippen LogP contribution in [0.15, 0.2) is 42.5 Å². The van der Waals surface area contributed by atoms with E-state index >= 15 is 0 Å². The fourth-order valence-corrected chi connectivity index (χ4v) is 1.31. The summed E-state index contributed by atoms with van der Waals surface area (Å²) >= 11 is 0. The predicted molar refractivity (Wildman–Crippen MR) is 63.4 cm³/mol. The zero-order chi connectivity index (χ0) is 11.5. The van der Waals surface area contributed by atoms with E-state index in [0.29, 0.717) is 17.2 Å². The summed E-state index contributed by atoms with van der Waals surface area (Å²) in [4.78, 5) is 0. The number of anilines is 2. The van der Waals surface area contributed by atoms with Gasteiger partial charge in [-0.25, -0.2) is 0 Å². The largest absolute Gasteiger partial charge is 0.506 e. The summed E-state index contributed by atoms with van der Waals surface area (Å²) in [5, 5.41) is 9.25. The molecule has 2 rings (SSSR count). The Bertz CT molecular complexity index is 512. The molecule has 2 aromatic rings. The number of hydrogen-bond acceptors (Lipinski definition) is 4. The summed E-state index contributed by atoms with van der Waals surface area (Å²) in [7, 11) is 0. The van der Waals surface area contributed by atoms with Crippen LogP contribution in [0.4, 0.5) is 11.4 Å². The maximum Gasteiger partial charge on any atom is 0.138 e. The summed E-state index contributed by atoms with van der Waals surface area (Å²) in [6.45, 7) is 0. The molecule has 0 aromatic heterocycles. The lowest BCUT2D eigenvalue weighted by Gasteiger charge is -2.07. The first-order valence-electron chi connectivity index (χ1n) is 4.77. The Balaban J connectivity index is 2.24. The van der Waals surface area contributed by atoms with Crippen LogP contribution in [0.3, 0.4) is 0 Å². The van der Waals surface area contributed by atoms with E-state index in [9.17, 15) is 5.11 Å². The van der Waals surface area contributed by atoms with Gasteiger partial charge >= 0.3 is 0 Å². The Labute approximate surface area is 93.1 Å². The number of nitrogens with two attached hydrogens (primary N) is 2. The zero-order valence-corrected chi connectivity index (χ0v) is 8.55. The van der Waals surface area contributed by atoms with Crippen LogP contribution in [-0.2, 0) is 0 Å². The number of aromatic hydroxyl groups is 1. The average Bonchev–Trinajstić information content (AvgIpc) is 2.24. The van der Waals surface area contributed by atoms with Gasteiger partial charge < -0.3 is 21.3 Å². The summed E-state index contributed by atoms with van der Waals surface area (Å²) in [5.41, 5.74) is 12.1. The van der Waals surface area contributed by atoms with Crippen LogP contribution in [0.5, 0.6) is 17.2 Å². The highest BCUT2D eigenvalue weighted by Crippen LogP contribution is 2.28. The van der Waals surface area contributed by atoms with Crippen LogP contribution in [0, 0.1) is 0 Å². The molecule has 0 unspecified atom stereocenters. The predicted octanol–water partition coefficient (Wildman–Crippen LogP) is 2.35. The molecule has 0 saturated heterocycles. The highest BCUT2D eigenvalue weighted by atomic mass is 16.5. The van der Waals surface area contributed by atoms with Crippen LogP contribution in [0.1, 0.15) is 0 Å². The van der Waals surface area contributed by atoms with Gasteiger partial charge in [0.15, 0.2) is 0 Å². The Kier molecular flexibility index (Phi) is 2.55. The molecule has 4 nitrogen and oxygen atoms in total. The van der Waals surface area contributed by atoms with E-state index in [1.54, 1.807) is 36.4 Å². The smallest absolute Gasteiger partial charge is 0.138 e. The molecular formula is C12H12N2O2. The van der Waals surface area contributed by atoms with Gasteiger partial charge in [0.2, 0.25) is 0 Å². The second kappa shape index (κ2) is 4.02. The molecule has 2 aromatic carbocycles. The van der Waals surface area contributed by atoms with E-state index < -0.39 is 0 Å². The van der Waals surface area contributed by atoms with E-state index in [-0.39, 0.29) is 11.4 Å². The van der Waals surface area contributed by atoms with E-state index in [4.69, 9.17) is 16.2 Å². The van der Waals surface area contributed by atoms with Crippen LogP contribution in [0.2, 0.25) is 0 Å². The summed E-state index contributed by atoms with van der Waals surface area (Å²) in [5.74, 6) is 1.23. The first kappa shape index (κ1) is 10.2. The number of phenols is 1. The summed E-state index contributed by atoms with van der Waals surface area (Å²) in [6.07, 6.45) is 0. The van der Waals surface area contributed by atoms with Crippen molar-refractivity contribution in [3.63, 3.8) is 0 Å². The van der Waals surface area contributed by atoms with Crippen molar-refractivity contribution >= 4 is 11.4 Å². The quantitative estimate of drug-likeness (QED) is 0.531. The Morgan fingerprint density at radius 3 is 2.38 bits per heavy atom. The topological polar surface area (TPSA) is 81.5 Å². The van der Waals surface area contributed by atoms with Gasteiger partial charge in [-0.3, -0.25) is 0 Å². The number of benzene rings is 2. The van der Waals surface area contributed by atoms with E-state index in [1.807, 2.05) is 0 Å². The minimum absolute atomic E-state index is 0.0416. The highest BCUT2D eigenvalue weighted by Gasteiger charge is 2.01. The standard InChI is InChI=1S/C12H12N2O2/c13-8-2-1-3-9(6-8)16-10-4-5-12(15)11(14)7-10/h1-7,15H,13-14H2. The second-order valence-corrected chi connectivity index (χ2v) is 3.40. The summed E-state index contributed by atoms with van der Waals surface area (Å²) < 4.78 is 5.52. The van der Waals surface area contributed by atoms with Gasteiger partial charge in [0.05, 0.1) is 5.69 Å². The lowest BCUT2D eigenvalue weighted by molar-refractivity contribution is 0.467. The van der Waals surface area contributed by atoms with Gasteiger partial charge in [-0.05, 0) is 24.3 Å². The van der Waals surface area contributed by atoms with Gasteiger partial charge in [0.25, 0.3) is 0 Å².